The van der Waals surface area contributed by atoms with E-state index in [0.717, 1.165) is 24.7 Å². The minimum absolute atomic E-state index is 0.0557. The number of nitrogens with zero attached hydrogens (tertiary/aromatic N) is 3. The average Bonchev–Trinajstić information content (AvgIpc) is 3.15. The number of aliphatic imine (C=N–C) groups is 1. The van der Waals surface area contributed by atoms with Crippen LogP contribution >= 0.6 is 11.6 Å². The van der Waals surface area contributed by atoms with E-state index in [1.165, 1.54) is 0 Å². The van der Waals surface area contributed by atoms with Gasteiger partial charge in [-0.15, -0.1) is 0 Å². The van der Waals surface area contributed by atoms with Crippen LogP contribution < -0.4 is 15.4 Å². The van der Waals surface area contributed by atoms with E-state index >= 15 is 0 Å². The molecule has 2 rings (SSSR count). The van der Waals surface area contributed by atoms with Gasteiger partial charge in [-0.3, -0.25) is 0 Å². The topological polar surface area (TPSA) is 84.6 Å². The first kappa shape index (κ1) is 22.0. The average molecular weight is 408 g/mol. The summed E-state index contributed by atoms with van der Waals surface area (Å²) in [7, 11) is 0. The van der Waals surface area contributed by atoms with Gasteiger partial charge in [0.15, 0.2) is 11.8 Å². The zero-order chi connectivity index (χ0) is 20.4. The first-order valence-electron chi connectivity index (χ1n) is 9.79. The number of benzene rings is 1. The van der Waals surface area contributed by atoms with E-state index in [1.54, 1.807) is 0 Å². The van der Waals surface area contributed by atoms with E-state index < -0.39 is 0 Å². The molecule has 0 saturated carbocycles. The van der Waals surface area contributed by atoms with Gasteiger partial charge in [0.25, 0.3) is 0 Å². The fourth-order valence-corrected chi connectivity index (χ4v) is 2.58. The fraction of sp³-hybridized carbons (Fsp3) is 0.550. The highest BCUT2D eigenvalue weighted by Gasteiger charge is 2.12. The number of aromatic nitrogens is 2. The van der Waals surface area contributed by atoms with E-state index in [0.29, 0.717) is 36.2 Å². The van der Waals surface area contributed by atoms with Crippen molar-refractivity contribution in [3.05, 3.63) is 41.0 Å². The second kappa shape index (κ2) is 11.5. The van der Waals surface area contributed by atoms with Crippen molar-refractivity contribution in [1.29, 1.82) is 0 Å². The molecule has 1 aromatic heterocycles. The van der Waals surface area contributed by atoms with Gasteiger partial charge in [0.2, 0.25) is 5.89 Å². The molecule has 1 unspecified atom stereocenters. The van der Waals surface area contributed by atoms with Crippen molar-refractivity contribution >= 4 is 17.6 Å². The molecule has 0 fully saturated rings. The van der Waals surface area contributed by atoms with Gasteiger partial charge < -0.3 is 19.9 Å². The van der Waals surface area contributed by atoms with E-state index in [2.05, 4.69) is 32.7 Å². The third kappa shape index (κ3) is 7.03. The number of guanidine groups is 1. The molecule has 1 atom stereocenters. The van der Waals surface area contributed by atoms with Crippen molar-refractivity contribution in [3.63, 3.8) is 0 Å². The van der Waals surface area contributed by atoms with Gasteiger partial charge in [-0.1, -0.05) is 49.7 Å². The Balaban J connectivity index is 1.88. The maximum absolute atomic E-state index is 6.18. The van der Waals surface area contributed by atoms with Crippen LogP contribution in [0.15, 0.2) is 33.8 Å². The third-order valence-corrected chi connectivity index (χ3v) is 4.33. The van der Waals surface area contributed by atoms with E-state index in [-0.39, 0.29) is 12.0 Å². The van der Waals surface area contributed by atoms with Crippen LogP contribution in [-0.2, 0) is 6.42 Å². The summed E-state index contributed by atoms with van der Waals surface area (Å²) in [5, 5.41) is 11.1. The Hall–Kier alpha value is -2.28. The molecular formula is C20H30ClN5O2. The van der Waals surface area contributed by atoms with Gasteiger partial charge in [0.05, 0.1) is 11.6 Å². The Kier molecular flexibility index (Phi) is 9.07. The molecule has 28 heavy (non-hydrogen) atoms. The lowest BCUT2D eigenvalue weighted by molar-refractivity contribution is 0.206. The van der Waals surface area contributed by atoms with Crippen molar-refractivity contribution in [2.45, 2.75) is 52.6 Å². The standard InChI is InChI=1S/C20H30ClN5O2/c1-5-15(27-17-10-8-7-9-16(17)21)13-24-20(22-6-2)23-12-11-18-25-19(14(3)4)26-28-18/h7-10,14-15H,5-6,11-13H2,1-4H3,(H2,22,23,24). The number of halogens is 1. The second-order valence-electron chi connectivity index (χ2n) is 6.68. The van der Waals surface area contributed by atoms with Crippen molar-refractivity contribution in [1.82, 2.24) is 20.8 Å². The zero-order valence-corrected chi connectivity index (χ0v) is 17.8. The molecule has 0 bridgehead atoms. The van der Waals surface area contributed by atoms with Crippen molar-refractivity contribution < 1.29 is 9.26 Å². The van der Waals surface area contributed by atoms with Crippen LogP contribution in [0, 0.1) is 0 Å². The SMILES string of the molecule is CCNC(=NCC(CC)Oc1ccccc1Cl)NCCc1nc(C(C)C)no1. The second-order valence-corrected chi connectivity index (χ2v) is 7.08. The predicted octanol–water partition coefficient (Wildman–Crippen LogP) is 3.80. The number of rotatable bonds is 10. The summed E-state index contributed by atoms with van der Waals surface area (Å²) in [5.41, 5.74) is 0. The molecule has 0 amide bonds. The summed E-state index contributed by atoms with van der Waals surface area (Å²) < 4.78 is 11.3. The van der Waals surface area contributed by atoms with Crippen LogP contribution in [0.3, 0.4) is 0 Å². The van der Waals surface area contributed by atoms with E-state index in [1.807, 2.05) is 45.0 Å². The minimum atomic E-state index is -0.0557. The molecule has 0 radical (unpaired) electrons. The van der Waals surface area contributed by atoms with Crippen LogP contribution in [0.1, 0.15) is 51.7 Å². The predicted molar refractivity (Wildman–Crippen MR) is 112 cm³/mol. The number of hydrogen-bond donors (Lipinski definition) is 2. The zero-order valence-electron chi connectivity index (χ0n) is 17.0. The first-order chi connectivity index (χ1) is 13.5. The lowest BCUT2D eigenvalue weighted by Gasteiger charge is -2.18. The highest BCUT2D eigenvalue weighted by molar-refractivity contribution is 6.32. The van der Waals surface area contributed by atoms with Gasteiger partial charge in [0.1, 0.15) is 11.9 Å². The molecule has 0 aliphatic heterocycles. The van der Waals surface area contributed by atoms with Gasteiger partial charge in [0, 0.05) is 25.4 Å². The van der Waals surface area contributed by atoms with Gasteiger partial charge in [-0.25, -0.2) is 4.99 Å². The van der Waals surface area contributed by atoms with E-state index in [9.17, 15) is 0 Å². The smallest absolute Gasteiger partial charge is 0.228 e. The normalized spacial score (nSPS) is 12.9. The van der Waals surface area contributed by atoms with Crippen LogP contribution in [0.2, 0.25) is 5.02 Å². The van der Waals surface area contributed by atoms with Crippen LogP contribution in [-0.4, -0.2) is 41.8 Å². The Morgan fingerprint density at radius 3 is 2.68 bits per heavy atom. The fourth-order valence-electron chi connectivity index (χ4n) is 2.40. The quantitative estimate of drug-likeness (QED) is 0.460. The molecule has 0 spiro atoms. The molecular weight excluding hydrogens is 378 g/mol. The minimum Gasteiger partial charge on any atom is -0.487 e. The van der Waals surface area contributed by atoms with Gasteiger partial charge >= 0.3 is 0 Å². The summed E-state index contributed by atoms with van der Waals surface area (Å²) in [6.07, 6.45) is 1.41. The number of hydrogen-bond acceptors (Lipinski definition) is 5. The Morgan fingerprint density at radius 2 is 2.04 bits per heavy atom. The van der Waals surface area contributed by atoms with Crippen molar-refractivity contribution in [2.75, 3.05) is 19.6 Å². The van der Waals surface area contributed by atoms with Gasteiger partial charge in [-0.05, 0) is 25.5 Å². The maximum Gasteiger partial charge on any atom is 0.228 e. The van der Waals surface area contributed by atoms with Crippen LogP contribution in [0.5, 0.6) is 5.75 Å². The van der Waals surface area contributed by atoms with Crippen LogP contribution in [0.4, 0.5) is 0 Å². The lowest BCUT2D eigenvalue weighted by atomic mass is 10.2. The molecule has 2 N–H and O–H groups in total. The summed E-state index contributed by atoms with van der Waals surface area (Å²) in [6.45, 7) is 10.1. The van der Waals surface area contributed by atoms with Crippen molar-refractivity contribution in [2.24, 2.45) is 4.99 Å². The van der Waals surface area contributed by atoms with Crippen LogP contribution in [0.25, 0.3) is 0 Å². The van der Waals surface area contributed by atoms with Crippen molar-refractivity contribution in [3.8, 4) is 5.75 Å². The highest BCUT2D eigenvalue weighted by Crippen LogP contribution is 2.24. The largest absolute Gasteiger partial charge is 0.487 e. The molecule has 0 aliphatic carbocycles. The Morgan fingerprint density at radius 1 is 1.25 bits per heavy atom. The lowest BCUT2D eigenvalue weighted by Crippen LogP contribution is -2.39. The molecule has 8 heteroatoms. The molecule has 2 aromatic rings. The number of ether oxygens (including phenoxy) is 1. The van der Waals surface area contributed by atoms with Gasteiger partial charge in [-0.2, -0.15) is 4.98 Å². The Bertz CT molecular complexity index is 748. The maximum atomic E-state index is 6.18. The molecule has 0 saturated heterocycles. The number of para-hydroxylation sites is 1. The van der Waals surface area contributed by atoms with E-state index in [4.69, 9.17) is 20.9 Å². The molecule has 154 valence electrons. The monoisotopic (exact) mass is 407 g/mol. The summed E-state index contributed by atoms with van der Waals surface area (Å²) in [6, 6.07) is 7.48. The summed E-state index contributed by atoms with van der Waals surface area (Å²) >= 11 is 6.18. The summed E-state index contributed by atoms with van der Waals surface area (Å²) in [4.78, 5) is 9.02. The molecule has 1 heterocycles. The molecule has 1 aromatic carbocycles. The Labute approximate surface area is 171 Å². The molecule has 0 aliphatic rings. The third-order valence-electron chi connectivity index (χ3n) is 4.01. The number of nitrogens with one attached hydrogen (secondary N) is 2. The first-order valence-corrected chi connectivity index (χ1v) is 10.2. The summed E-state index contributed by atoms with van der Waals surface area (Å²) in [5.74, 6) is 3.03. The molecule has 7 nitrogen and oxygen atoms in total. The highest BCUT2D eigenvalue weighted by atomic mass is 35.5.